The summed E-state index contributed by atoms with van der Waals surface area (Å²) in [6.45, 7) is 0.0771. The molecular weight excluding hydrogens is 439 g/mol. The molecule has 0 saturated heterocycles. The highest BCUT2D eigenvalue weighted by Gasteiger charge is 2.20. The van der Waals surface area contributed by atoms with E-state index in [2.05, 4.69) is 0 Å². The van der Waals surface area contributed by atoms with E-state index in [1.807, 2.05) is 12.2 Å². The SMILES string of the molecule is COc1ccc(OCc2ccccc2F)c(/C=C/CCC(Oc2ccccc2OC)C(=O)O)c1. The molecule has 7 heteroatoms. The quantitative estimate of drug-likeness (QED) is 0.367. The van der Waals surface area contributed by atoms with Gasteiger partial charge in [0.05, 0.1) is 14.2 Å². The summed E-state index contributed by atoms with van der Waals surface area (Å²) >= 11 is 0. The van der Waals surface area contributed by atoms with Crippen LogP contribution in [0.3, 0.4) is 0 Å². The lowest BCUT2D eigenvalue weighted by Gasteiger charge is -2.16. The molecule has 0 bridgehead atoms. The zero-order valence-electron chi connectivity index (χ0n) is 19.1. The monoisotopic (exact) mass is 466 g/mol. The number of rotatable bonds is 12. The van der Waals surface area contributed by atoms with Crippen molar-refractivity contribution in [1.29, 1.82) is 0 Å². The first kappa shape index (κ1) is 24.6. The summed E-state index contributed by atoms with van der Waals surface area (Å²) in [7, 11) is 3.07. The van der Waals surface area contributed by atoms with Gasteiger partial charge < -0.3 is 24.1 Å². The summed E-state index contributed by atoms with van der Waals surface area (Å²) in [4.78, 5) is 11.7. The summed E-state index contributed by atoms with van der Waals surface area (Å²) in [6, 6.07) is 18.7. The Balaban J connectivity index is 1.67. The standard InChI is InChI=1S/C27H27FO6/c1-31-21-15-16-23(33-18-20-10-3-5-11-22(20)28)19(17-21)9-4-6-14-26(27(29)30)34-25-13-8-7-12-24(25)32-2/h3-5,7-13,15-17,26H,6,14,18H2,1-2H3,(H,29,30)/b9-4+. The molecule has 1 atom stereocenters. The average Bonchev–Trinajstić information content (AvgIpc) is 2.85. The zero-order chi connectivity index (χ0) is 24.3. The first-order chi connectivity index (χ1) is 16.5. The molecule has 34 heavy (non-hydrogen) atoms. The third kappa shape index (κ3) is 6.75. The van der Waals surface area contributed by atoms with Gasteiger partial charge in [-0.15, -0.1) is 0 Å². The lowest BCUT2D eigenvalue weighted by molar-refractivity contribution is -0.145. The van der Waals surface area contributed by atoms with Gasteiger partial charge in [-0.2, -0.15) is 0 Å². The molecule has 0 saturated carbocycles. The smallest absolute Gasteiger partial charge is 0.344 e. The second kappa shape index (κ2) is 12.3. The Morgan fingerprint density at radius 1 is 0.971 bits per heavy atom. The highest BCUT2D eigenvalue weighted by atomic mass is 19.1. The van der Waals surface area contributed by atoms with E-state index in [4.69, 9.17) is 18.9 Å². The molecule has 0 aromatic heterocycles. The predicted octanol–water partition coefficient (Wildman–Crippen LogP) is 5.75. The summed E-state index contributed by atoms with van der Waals surface area (Å²) < 4.78 is 36.0. The maximum Gasteiger partial charge on any atom is 0.344 e. The minimum atomic E-state index is -1.06. The number of ether oxygens (including phenoxy) is 4. The number of aliphatic carboxylic acids is 1. The predicted molar refractivity (Wildman–Crippen MR) is 127 cm³/mol. The fraction of sp³-hybridized carbons (Fsp3) is 0.222. The second-order valence-electron chi connectivity index (χ2n) is 7.36. The molecule has 0 spiro atoms. The number of hydrogen-bond acceptors (Lipinski definition) is 5. The summed E-state index contributed by atoms with van der Waals surface area (Å²) in [5.41, 5.74) is 1.18. The van der Waals surface area contributed by atoms with E-state index < -0.39 is 12.1 Å². The largest absolute Gasteiger partial charge is 0.497 e. The Morgan fingerprint density at radius 2 is 1.71 bits per heavy atom. The van der Waals surface area contributed by atoms with E-state index in [1.54, 1.807) is 67.8 Å². The van der Waals surface area contributed by atoms with Crippen LogP contribution in [0.4, 0.5) is 4.39 Å². The maximum atomic E-state index is 13.9. The number of hydrogen-bond donors (Lipinski definition) is 1. The zero-order valence-corrected chi connectivity index (χ0v) is 19.1. The Morgan fingerprint density at radius 3 is 2.41 bits per heavy atom. The van der Waals surface area contributed by atoms with Crippen LogP contribution in [0.2, 0.25) is 0 Å². The number of allylic oxidation sites excluding steroid dienone is 1. The second-order valence-corrected chi connectivity index (χ2v) is 7.36. The van der Waals surface area contributed by atoms with Crippen molar-refractivity contribution in [2.75, 3.05) is 14.2 Å². The third-order valence-corrected chi connectivity index (χ3v) is 5.06. The van der Waals surface area contributed by atoms with Gasteiger partial charge in [-0.3, -0.25) is 0 Å². The molecule has 0 amide bonds. The van der Waals surface area contributed by atoms with Crippen molar-refractivity contribution in [3.8, 4) is 23.0 Å². The van der Waals surface area contributed by atoms with Crippen LogP contribution in [-0.2, 0) is 11.4 Å². The highest BCUT2D eigenvalue weighted by Crippen LogP contribution is 2.29. The Labute approximate surface area is 198 Å². The minimum absolute atomic E-state index is 0.0771. The van der Waals surface area contributed by atoms with Crippen LogP contribution >= 0.6 is 0 Å². The molecule has 3 rings (SSSR count). The normalized spacial score (nSPS) is 11.7. The van der Waals surface area contributed by atoms with Gasteiger partial charge in [0.1, 0.15) is 23.9 Å². The van der Waals surface area contributed by atoms with Crippen molar-refractivity contribution in [1.82, 2.24) is 0 Å². The average molecular weight is 467 g/mol. The van der Waals surface area contributed by atoms with Crippen LogP contribution in [0.1, 0.15) is 24.0 Å². The molecule has 0 aliphatic heterocycles. The van der Waals surface area contributed by atoms with Gasteiger partial charge in [-0.05, 0) is 49.2 Å². The maximum absolute atomic E-state index is 13.9. The van der Waals surface area contributed by atoms with E-state index in [1.165, 1.54) is 13.2 Å². The van der Waals surface area contributed by atoms with Crippen LogP contribution in [0, 0.1) is 5.82 Å². The number of para-hydroxylation sites is 2. The molecule has 1 unspecified atom stereocenters. The molecule has 0 aliphatic carbocycles. The van der Waals surface area contributed by atoms with Gasteiger partial charge in [0.15, 0.2) is 17.6 Å². The summed E-state index contributed by atoms with van der Waals surface area (Å²) in [6.07, 6.45) is 3.31. The Kier molecular flexibility index (Phi) is 8.91. The van der Waals surface area contributed by atoms with Crippen LogP contribution in [0.25, 0.3) is 6.08 Å². The number of carbonyl (C=O) groups is 1. The van der Waals surface area contributed by atoms with Gasteiger partial charge in [0.25, 0.3) is 0 Å². The molecule has 6 nitrogen and oxygen atoms in total. The molecule has 178 valence electrons. The van der Waals surface area contributed by atoms with Gasteiger partial charge in [-0.1, -0.05) is 42.5 Å². The number of methoxy groups -OCH3 is 2. The van der Waals surface area contributed by atoms with Crippen molar-refractivity contribution < 1.29 is 33.2 Å². The molecule has 1 N–H and O–H groups in total. The Hall–Kier alpha value is -4.00. The number of carboxylic acid groups (broad SMARTS) is 1. The number of halogens is 1. The number of benzene rings is 3. The highest BCUT2D eigenvalue weighted by molar-refractivity contribution is 5.73. The van der Waals surface area contributed by atoms with Crippen molar-refractivity contribution >= 4 is 12.0 Å². The van der Waals surface area contributed by atoms with Crippen LogP contribution in [-0.4, -0.2) is 31.4 Å². The number of carboxylic acids is 1. The van der Waals surface area contributed by atoms with Gasteiger partial charge >= 0.3 is 5.97 Å². The van der Waals surface area contributed by atoms with E-state index in [0.29, 0.717) is 35.0 Å². The molecular formula is C27H27FO6. The van der Waals surface area contributed by atoms with Crippen LogP contribution in [0.5, 0.6) is 23.0 Å². The van der Waals surface area contributed by atoms with Crippen molar-refractivity contribution in [2.45, 2.75) is 25.6 Å². The van der Waals surface area contributed by atoms with Gasteiger partial charge in [0, 0.05) is 11.1 Å². The van der Waals surface area contributed by atoms with Crippen molar-refractivity contribution in [2.24, 2.45) is 0 Å². The Bertz CT molecular complexity index is 1130. The topological polar surface area (TPSA) is 74.2 Å². The lowest BCUT2D eigenvalue weighted by atomic mass is 10.1. The van der Waals surface area contributed by atoms with Gasteiger partial charge in [0.2, 0.25) is 0 Å². The van der Waals surface area contributed by atoms with Crippen molar-refractivity contribution in [3.63, 3.8) is 0 Å². The fourth-order valence-electron chi connectivity index (χ4n) is 3.25. The molecule has 0 radical (unpaired) electrons. The summed E-state index contributed by atoms with van der Waals surface area (Å²) in [5.74, 6) is 0.647. The molecule has 0 fully saturated rings. The van der Waals surface area contributed by atoms with Crippen LogP contribution < -0.4 is 18.9 Å². The third-order valence-electron chi connectivity index (χ3n) is 5.06. The molecule has 0 heterocycles. The van der Waals surface area contributed by atoms with Crippen molar-refractivity contribution in [3.05, 3.63) is 89.8 Å². The van der Waals surface area contributed by atoms with E-state index >= 15 is 0 Å². The van der Waals surface area contributed by atoms with E-state index in [9.17, 15) is 14.3 Å². The first-order valence-corrected chi connectivity index (χ1v) is 10.7. The molecule has 0 aliphatic rings. The molecule has 3 aromatic rings. The van der Waals surface area contributed by atoms with Crippen LogP contribution in [0.15, 0.2) is 72.8 Å². The van der Waals surface area contributed by atoms with Gasteiger partial charge in [-0.25, -0.2) is 9.18 Å². The molecule has 3 aromatic carbocycles. The van der Waals surface area contributed by atoms with E-state index in [-0.39, 0.29) is 18.8 Å². The van der Waals surface area contributed by atoms with E-state index in [0.717, 1.165) is 5.56 Å². The first-order valence-electron chi connectivity index (χ1n) is 10.7. The summed E-state index contributed by atoms with van der Waals surface area (Å²) in [5, 5.41) is 9.57. The lowest BCUT2D eigenvalue weighted by Crippen LogP contribution is -2.26. The fourth-order valence-corrected chi connectivity index (χ4v) is 3.25. The minimum Gasteiger partial charge on any atom is -0.497 e.